The lowest BCUT2D eigenvalue weighted by Crippen LogP contribution is -2.28. The zero-order chi connectivity index (χ0) is 21.5. The van der Waals surface area contributed by atoms with Gasteiger partial charge in [-0.15, -0.1) is 0 Å². The number of carbonyl (C=O) groups is 2. The number of nitrogens with one attached hydrogen (secondary N) is 1. The molecule has 31 heavy (non-hydrogen) atoms. The molecule has 7 nitrogen and oxygen atoms in total. The number of oxazole rings is 1. The van der Waals surface area contributed by atoms with E-state index < -0.39 is 11.7 Å². The lowest BCUT2D eigenvalue weighted by Gasteiger charge is -2.26. The van der Waals surface area contributed by atoms with Crippen LogP contribution in [0.4, 0.5) is 0 Å². The number of nitrogens with two attached hydrogens (primary N) is 1. The summed E-state index contributed by atoms with van der Waals surface area (Å²) in [5, 5.41) is 0. The maximum atomic E-state index is 13.2. The van der Waals surface area contributed by atoms with Gasteiger partial charge in [-0.2, -0.15) is 0 Å². The summed E-state index contributed by atoms with van der Waals surface area (Å²) in [6, 6.07) is 20.0. The Balaban J connectivity index is 1.48. The largest absolute Gasteiger partial charge is 0.417 e. The molecule has 0 fully saturated rings. The number of benzene rings is 3. The molecule has 0 bridgehead atoms. The van der Waals surface area contributed by atoms with Crippen LogP contribution in [0.25, 0.3) is 11.1 Å². The zero-order valence-electron chi connectivity index (χ0n) is 16.5. The van der Waals surface area contributed by atoms with Crippen LogP contribution >= 0.6 is 0 Å². The highest BCUT2D eigenvalue weighted by molar-refractivity contribution is 5.99. The number of rotatable bonds is 5. The molecule has 0 aliphatic carbocycles. The molecule has 2 amide bonds. The van der Waals surface area contributed by atoms with Gasteiger partial charge in [-0.1, -0.05) is 36.4 Å². The van der Waals surface area contributed by atoms with Gasteiger partial charge in [0.2, 0.25) is 5.91 Å². The second kappa shape index (κ2) is 7.28. The third-order valence-corrected chi connectivity index (χ3v) is 5.69. The first-order chi connectivity index (χ1) is 15.0. The molecule has 0 radical (unpaired) electrons. The molecular formula is C24H19N3O4. The van der Waals surface area contributed by atoms with Crippen LogP contribution in [0, 0.1) is 0 Å². The summed E-state index contributed by atoms with van der Waals surface area (Å²) < 4.78 is 5.16. The standard InChI is InChI=1S/C24H19N3O4/c25-22(28)16-8-5-14(6-9-16)11-20-17-3-1-2-4-18(17)23(29)27(20)13-15-7-10-19-21(12-15)31-24(30)26-19/h1-10,12,20H,11,13H2,(H2,25,28)(H,26,30). The Morgan fingerprint density at radius 1 is 1.00 bits per heavy atom. The summed E-state index contributed by atoms with van der Waals surface area (Å²) in [4.78, 5) is 40.5. The fraction of sp³-hybridized carbons (Fsp3) is 0.125. The highest BCUT2D eigenvalue weighted by Crippen LogP contribution is 2.37. The second-order valence-corrected chi connectivity index (χ2v) is 7.65. The van der Waals surface area contributed by atoms with Gasteiger partial charge in [0.25, 0.3) is 5.91 Å². The number of hydrogen-bond donors (Lipinski definition) is 2. The molecule has 7 heteroatoms. The van der Waals surface area contributed by atoms with E-state index in [1.165, 1.54) is 0 Å². The first-order valence-electron chi connectivity index (χ1n) is 9.90. The minimum atomic E-state index is -0.505. The maximum absolute atomic E-state index is 13.2. The number of aromatic nitrogens is 1. The van der Waals surface area contributed by atoms with Crippen molar-refractivity contribution in [2.24, 2.45) is 5.73 Å². The highest BCUT2D eigenvalue weighted by Gasteiger charge is 2.36. The number of carbonyl (C=O) groups excluding carboxylic acids is 2. The predicted molar refractivity (Wildman–Crippen MR) is 115 cm³/mol. The third-order valence-electron chi connectivity index (χ3n) is 5.69. The lowest BCUT2D eigenvalue weighted by atomic mass is 9.97. The molecule has 1 unspecified atom stereocenters. The molecule has 4 aromatic rings. The lowest BCUT2D eigenvalue weighted by molar-refractivity contribution is 0.0709. The Morgan fingerprint density at radius 2 is 1.74 bits per heavy atom. The van der Waals surface area contributed by atoms with Crippen molar-refractivity contribution in [3.05, 3.63) is 105 Å². The Kier molecular flexibility index (Phi) is 4.43. The normalized spacial score (nSPS) is 15.4. The van der Waals surface area contributed by atoms with E-state index in [9.17, 15) is 14.4 Å². The molecule has 1 aromatic heterocycles. The average Bonchev–Trinajstić information content (AvgIpc) is 3.26. The monoisotopic (exact) mass is 413 g/mol. The maximum Gasteiger partial charge on any atom is 0.417 e. The van der Waals surface area contributed by atoms with E-state index in [4.69, 9.17) is 10.2 Å². The Bertz CT molecular complexity index is 1370. The van der Waals surface area contributed by atoms with Crippen molar-refractivity contribution in [2.75, 3.05) is 0 Å². The molecule has 3 aromatic carbocycles. The second-order valence-electron chi connectivity index (χ2n) is 7.65. The minimum absolute atomic E-state index is 0.0371. The van der Waals surface area contributed by atoms with Crippen LogP contribution in [0.15, 0.2) is 75.9 Å². The van der Waals surface area contributed by atoms with E-state index in [1.807, 2.05) is 47.4 Å². The molecule has 2 heterocycles. The number of aromatic amines is 1. The van der Waals surface area contributed by atoms with Gasteiger partial charge in [-0.3, -0.25) is 14.6 Å². The molecular weight excluding hydrogens is 394 g/mol. The number of hydrogen-bond acceptors (Lipinski definition) is 4. The summed E-state index contributed by atoms with van der Waals surface area (Å²) in [7, 11) is 0. The SMILES string of the molecule is NC(=O)c1ccc(CC2c3ccccc3C(=O)N2Cc2ccc3[nH]c(=O)oc3c2)cc1. The smallest absolute Gasteiger partial charge is 0.408 e. The van der Waals surface area contributed by atoms with Crippen LogP contribution in [0.5, 0.6) is 0 Å². The number of amides is 2. The van der Waals surface area contributed by atoms with Crippen LogP contribution in [-0.4, -0.2) is 21.7 Å². The van der Waals surface area contributed by atoms with Gasteiger partial charge in [0.15, 0.2) is 5.58 Å². The van der Waals surface area contributed by atoms with Crippen molar-refractivity contribution in [1.29, 1.82) is 0 Å². The Morgan fingerprint density at radius 3 is 2.52 bits per heavy atom. The first kappa shape index (κ1) is 18.9. The van der Waals surface area contributed by atoms with Crippen LogP contribution in [-0.2, 0) is 13.0 Å². The fourth-order valence-electron chi connectivity index (χ4n) is 4.16. The van der Waals surface area contributed by atoms with E-state index in [0.29, 0.717) is 35.2 Å². The number of fused-ring (bicyclic) bond motifs is 2. The number of primary amides is 1. The van der Waals surface area contributed by atoms with E-state index in [2.05, 4.69) is 4.98 Å². The predicted octanol–water partition coefficient (Wildman–Crippen LogP) is 3.16. The number of H-pyrrole nitrogens is 1. The fourth-order valence-corrected chi connectivity index (χ4v) is 4.16. The van der Waals surface area contributed by atoms with Crippen molar-refractivity contribution in [2.45, 2.75) is 19.0 Å². The Labute approximate surface area is 177 Å². The molecule has 5 rings (SSSR count). The van der Waals surface area contributed by atoms with Crippen LogP contribution in [0.2, 0.25) is 0 Å². The van der Waals surface area contributed by atoms with Crippen molar-refractivity contribution >= 4 is 22.9 Å². The molecule has 154 valence electrons. The van der Waals surface area contributed by atoms with Crippen molar-refractivity contribution < 1.29 is 14.0 Å². The average molecular weight is 413 g/mol. The van der Waals surface area contributed by atoms with Gasteiger partial charge < -0.3 is 15.1 Å². The quantitative estimate of drug-likeness (QED) is 0.524. The number of nitrogens with zero attached hydrogens (tertiary/aromatic N) is 1. The van der Waals surface area contributed by atoms with E-state index in [0.717, 1.165) is 16.7 Å². The summed E-state index contributed by atoms with van der Waals surface area (Å²) in [6.07, 6.45) is 0.600. The molecule has 0 saturated heterocycles. The topological polar surface area (TPSA) is 109 Å². The van der Waals surface area contributed by atoms with E-state index in [-0.39, 0.29) is 11.9 Å². The molecule has 1 aliphatic heterocycles. The van der Waals surface area contributed by atoms with Gasteiger partial charge in [0, 0.05) is 17.7 Å². The Hall–Kier alpha value is -4.13. The van der Waals surface area contributed by atoms with Crippen LogP contribution < -0.4 is 11.5 Å². The van der Waals surface area contributed by atoms with Crippen LogP contribution in [0.3, 0.4) is 0 Å². The summed E-state index contributed by atoms with van der Waals surface area (Å²) in [5.41, 5.74) is 10.4. The zero-order valence-corrected chi connectivity index (χ0v) is 16.5. The van der Waals surface area contributed by atoms with Gasteiger partial charge in [-0.05, 0) is 53.4 Å². The van der Waals surface area contributed by atoms with E-state index >= 15 is 0 Å². The van der Waals surface area contributed by atoms with Gasteiger partial charge in [0.1, 0.15) is 0 Å². The van der Waals surface area contributed by atoms with Crippen molar-refractivity contribution in [3.63, 3.8) is 0 Å². The first-order valence-corrected chi connectivity index (χ1v) is 9.90. The molecule has 0 saturated carbocycles. The van der Waals surface area contributed by atoms with Crippen molar-refractivity contribution in [1.82, 2.24) is 9.88 Å². The molecule has 0 spiro atoms. The van der Waals surface area contributed by atoms with Crippen molar-refractivity contribution in [3.8, 4) is 0 Å². The molecule has 1 aliphatic rings. The minimum Gasteiger partial charge on any atom is -0.408 e. The summed E-state index contributed by atoms with van der Waals surface area (Å²) in [6.45, 7) is 0.377. The molecule has 1 atom stereocenters. The highest BCUT2D eigenvalue weighted by atomic mass is 16.4. The van der Waals surface area contributed by atoms with Gasteiger partial charge in [-0.25, -0.2) is 4.79 Å². The van der Waals surface area contributed by atoms with E-state index in [1.54, 1.807) is 24.3 Å². The summed E-state index contributed by atoms with van der Waals surface area (Å²) in [5.74, 6) is -1.01. The summed E-state index contributed by atoms with van der Waals surface area (Å²) >= 11 is 0. The third kappa shape index (κ3) is 3.40. The molecule has 3 N–H and O–H groups in total. The van der Waals surface area contributed by atoms with Gasteiger partial charge in [0.05, 0.1) is 11.6 Å². The van der Waals surface area contributed by atoms with Gasteiger partial charge >= 0.3 is 5.76 Å². The van der Waals surface area contributed by atoms with Crippen LogP contribution in [0.1, 0.15) is 43.4 Å².